The van der Waals surface area contributed by atoms with Crippen molar-refractivity contribution in [2.24, 2.45) is 0 Å². The fourth-order valence-corrected chi connectivity index (χ4v) is 3.79. The van der Waals surface area contributed by atoms with Gasteiger partial charge in [0, 0.05) is 20.5 Å². The van der Waals surface area contributed by atoms with Gasteiger partial charge in [-0.3, -0.25) is 0 Å². The first-order valence-corrected chi connectivity index (χ1v) is 7.94. The zero-order chi connectivity index (χ0) is 14.2. The predicted octanol–water partition coefficient (Wildman–Crippen LogP) is 6.27. The summed E-state index contributed by atoms with van der Waals surface area (Å²) in [4.78, 5) is 4.76. The standard InChI is InChI=1S/C18H12ClNS/c19-13-10-11-18-16(12-13)20(14-6-2-1-3-7-14)15-8-4-5-9-17(15)21-18/h1-12H. The molecule has 0 aromatic heterocycles. The molecule has 0 aliphatic carbocycles. The maximum absolute atomic E-state index is 6.22. The monoisotopic (exact) mass is 309 g/mol. The lowest BCUT2D eigenvalue weighted by Crippen LogP contribution is -2.14. The highest BCUT2D eigenvalue weighted by Gasteiger charge is 2.24. The van der Waals surface area contributed by atoms with Crippen molar-refractivity contribution in [3.05, 3.63) is 77.8 Å². The topological polar surface area (TPSA) is 3.24 Å². The van der Waals surface area contributed by atoms with Gasteiger partial charge in [-0.05, 0) is 42.5 Å². The van der Waals surface area contributed by atoms with Crippen molar-refractivity contribution in [2.75, 3.05) is 4.90 Å². The molecule has 0 saturated carbocycles. The Morgan fingerprint density at radius 1 is 0.714 bits per heavy atom. The fourth-order valence-electron chi connectivity index (χ4n) is 2.58. The Morgan fingerprint density at radius 2 is 1.43 bits per heavy atom. The third-order valence-electron chi connectivity index (χ3n) is 3.50. The second kappa shape index (κ2) is 5.14. The SMILES string of the molecule is Clc1ccc2c(c1)N(c1ccccc1)c1ccccc1S2. The summed E-state index contributed by atoms with van der Waals surface area (Å²) in [5.41, 5.74) is 3.48. The van der Waals surface area contributed by atoms with Gasteiger partial charge in [-0.25, -0.2) is 0 Å². The maximum atomic E-state index is 6.22. The first kappa shape index (κ1) is 12.8. The summed E-state index contributed by atoms with van der Waals surface area (Å²) < 4.78 is 0. The minimum atomic E-state index is 0.759. The average Bonchev–Trinajstić information content (AvgIpc) is 2.53. The molecule has 0 atom stereocenters. The first-order chi connectivity index (χ1) is 10.3. The van der Waals surface area contributed by atoms with E-state index in [-0.39, 0.29) is 0 Å². The van der Waals surface area contributed by atoms with E-state index in [4.69, 9.17) is 11.6 Å². The van der Waals surface area contributed by atoms with Gasteiger partial charge in [0.15, 0.2) is 0 Å². The van der Waals surface area contributed by atoms with E-state index in [1.807, 2.05) is 18.2 Å². The Balaban J connectivity index is 1.98. The van der Waals surface area contributed by atoms with Gasteiger partial charge in [0.05, 0.1) is 11.4 Å². The van der Waals surface area contributed by atoms with E-state index in [1.54, 1.807) is 11.8 Å². The Kier molecular flexibility index (Phi) is 3.13. The zero-order valence-electron chi connectivity index (χ0n) is 11.2. The van der Waals surface area contributed by atoms with E-state index in [0.29, 0.717) is 0 Å². The summed E-state index contributed by atoms with van der Waals surface area (Å²) in [7, 11) is 0. The van der Waals surface area contributed by atoms with Gasteiger partial charge < -0.3 is 4.90 Å². The number of nitrogens with zero attached hydrogens (tertiary/aromatic N) is 1. The van der Waals surface area contributed by atoms with Crippen molar-refractivity contribution in [1.29, 1.82) is 0 Å². The Hall–Kier alpha value is -1.90. The van der Waals surface area contributed by atoms with E-state index in [0.717, 1.165) is 16.4 Å². The Labute approximate surface area is 133 Å². The van der Waals surface area contributed by atoms with Crippen LogP contribution in [-0.4, -0.2) is 0 Å². The van der Waals surface area contributed by atoms with E-state index in [2.05, 4.69) is 59.5 Å². The molecule has 4 rings (SSSR count). The molecule has 0 unspecified atom stereocenters. The number of halogens is 1. The Morgan fingerprint density at radius 3 is 2.29 bits per heavy atom. The molecule has 0 N–H and O–H groups in total. The lowest BCUT2D eigenvalue weighted by molar-refractivity contribution is 1.17. The molecule has 0 fully saturated rings. The highest BCUT2D eigenvalue weighted by molar-refractivity contribution is 7.99. The van der Waals surface area contributed by atoms with Crippen LogP contribution in [0.5, 0.6) is 0 Å². The van der Waals surface area contributed by atoms with Crippen LogP contribution in [0.2, 0.25) is 5.02 Å². The van der Waals surface area contributed by atoms with Crippen LogP contribution >= 0.6 is 23.4 Å². The van der Waals surface area contributed by atoms with E-state index in [1.165, 1.54) is 15.5 Å². The van der Waals surface area contributed by atoms with E-state index in [9.17, 15) is 0 Å². The lowest BCUT2D eigenvalue weighted by atomic mass is 10.2. The molecular weight excluding hydrogens is 298 g/mol. The van der Waals surface area contributed by atoms with Crippen molar-refractivity contribution in [1.82, 2.24) is 0 Å². The largest absolute Gasteiger partial charge is 0.308 e. The molecule has 3 aromatic carbocycles. The number of rotatable bonds is 1. The molecular formula is C18H12ClNS. The third kappa shape index (κ3) is 2.21. The van der Waals surface area contributed by atoms with Crippen molar-refractivity contribution < 1.29 is 0 Å². The van der Waals surface area contributed by atoms with Crippen molar-refractivity contribution in [3.63, 3.8) is 0 Å². The first-order valence-electron chi connectivity index (χ1n) is 6.74. The van der Waals surface area contributed by atoms with Crippen LogP contribution in [0.4, 0.5) is 17.1 Å². The number of hydrogen-bond donors (Lipinski definition) is 0. The van der Waals surface area contributed by atoms with Crippen LogP contribution in [0.15, 0.2) is 82.6 Å². The van der Waals surface area contributed by atoms with Crippen LogP contribution < -0.4 is 4.90 Å². The molecule has 0 saturated heterocycles. The van der Waals surface area contributed by atoms with Crippen molar-refractivity contribution in [3.8, 4) is 0 Å². The van der Waals surface area contributed by atoms with Crippen LogP contribution in [0.3, 0.4) is 0 Å². The van der Waals surface area contributed by atoms with Gasteiger partial charge >= 0.3 is 0 Å². The van der Waals surface area contributed by atoms with E-state index >= 15 is 0 Å². The third-order valence-corrected chi connectivity index (χ3v) is 4.87. The molecule has 0 spiro atoms. The molecule has 1 aliphatic heterocycles. The van der Waals surface area contributed by atoms with Crippen molar-refractivity contribution in [2.45, 2.75) is 9.79 Å². The molecule has 102 valence electrons. The maximum Gasteiger partial charge on any atom is 0.0616 e. The second-order valence-electron chi connectivity index (χ2n) is 4.85. The van der Waals surface area contributed by atoms with Gasteiger partial charge in [0.2, 0.25) is 0 Å². The number of hydrogen-bond acceptors (Lipinski definition) is 2. The number of benzene rings is 3. The summed E-state index contributed by atoms with van der Waals surface area (Å²) >= 11 is 8.01. The molecule has 21 heavy (non-hydrogen) atoms. The highest BCUT2D eigenvalue weighted by Crippen LogP contribution is 2.51. The second-order valence-corrected chi connectivity index (χ2v) is 6.37. The average molecular weight is 310 g/mol. The molecule has 1 nitrogen and oxygen atoms in total. The molecule has 3 heteroatoms. The van der Waals surface area contributed by atoms with Gasteiger partial charge in [-0.15, -0.1) is 0 Å². The van der Waals surface area contributed by atoms with Gasteiger partial charge in [-0.1, -0.05) is 53.7 Å². The van der Waals surface area contributed by atoms with Gasteiger partial charge in [0.1, 0.15) is 0 Å². The van der Waals surface area contributed by atoms with Crippen LogP contribution in [-0.2, 0) is 0 Å². The lowest BCUT2D eigenvalue weighted by Gasteiger charge is -2.32. The molecule has 0 amide bonds. The predicted molar refractivity (Wildman–Crippen MR) is 90.3 cm³/mol. The zero-order valence-corrected chi connectivity index (χ0v) is 12.7. The molecule has 1 heterocycles. The van der Waals surface area contributed by atoms with E-state index < -0.39 is 0 Å². The summed E-state index contributed by atoms with van der Waals surface area (Å²) in [6, 6.07) is 24.9. The smallest absolute Gasteiger partial charge is 0.0616 e. The minimum Gasteiger partial charge on any atom is -0.308 e. The highest BCUT2D eigenvalue weighted by atomic mass is 35.5. The summed E-state index contributed by atoms with van der Waals surface area (Å²) in [5.74, 6) is 0. The summed E-state index contributed by atoms with van der Waals surface area (Å²) in [6.07, 6.45) is 0. The summed E-state index contributed by atoms with van der Waals surface area (Å²) in [6.45, 7) is 0. The number of para-hydroxylation sites is 2. The molecule has 3 aromatic rings. The summed E-state index contributed by atoms with van der Waals surface area (Å²) in [5, 5.41) is 0.759. The number of fused-ring (bicyclic) bond motifs is 2. The van der Waals surface area contributed by atoms with Gasteiger partial charge in [0.25, 0.3) is 0 Å². The number of anilines is 3. The molecule has 0 bridgehead atoms. The Bertz CT molecular complexity index is 801. The van der Waals surface area contributed by atoms with Gasteiger partial charge in [-0.2, -0.15) is 0 Å². The molecule has 1 aliphatic rings. The van der Waals surface area contributed by atoms with Crippen LogP contribution in [0.25, 0.3) is 0 Å². The van der Waals surface area contributed by atoms with Crippen LogP contribution in [0.1, 0.15) is 0 Å². The van der Waals surface area contributed by atoms with Crippen molar-refractivity contribution >= 4 is 40.4 Å². The quantitative estimate of drug-likeness (QED) is 0.407. The minimum absolute atomic E-state index is 0.759. The fraction of sp³-hybridized carbons (Fsp3) is 0. The molecule has 0 radical (unpaired) electrons. The van der Waals surface area contributed by atoms with Crippen LogP contribution in [0, 0.1) is 0 Å². The normalized spacial score (nSPS) is 12.7.